The van der Waals surface area contributed by atoms with Crippen molar-refractivity contribution in [2.24, 2.45) is 0 Å². The van der Waals surface area contributed by atoms with E-state index in [1.807, 2.05) is 38.1 Å². The Bertz CT molecular complexity index is 1100. The van der Waals surface area contributed by atoms with Gasteiger partial charge in [-0.05, 0) is 61.9 Å². The third-order valence-corrected chi connectivity index (χ3v) is 6.22. The number of aromatic nitrogens is 2. The van der Waals surface area contributed by atoms with E-state index in [2.05, 4.69) is 35.9 Å². The van der Waals surface area contributed by atoms with Crippen LogP contribution in [0.5, 0.6) is 0 Å². The molecule has 0 saturated heterocycles. The maximum absolute atomic E-state index is 12.8. The van der Waals surface area contributed by atoms with Crippen LogP contribution in [-0.2, 0) is 20.2 Å². The van der Waals surface area contributed by atoms with Gasteiger partial charge in [-0.3, -0.25) is 4.79 Å². The maximum atomic E-state index is 12.8. The maximum Gasteiger partial charge on any atom is 0.264 e. The highest BCUT2D eigenvalue weighted by molar-refractivity contribution is 9.10. The second-order valence-corrected chi connectivity index (χ2v) is 9.39. The van der Waals surface area contributed by atoms with E-state index in [4.69, 9.17) is 0 Å². The Hall–Kier alpha value is -2.78. The van der Waals surface area contributed by atoms with Crippen LogP contribution in [0.15, 0.2) is 76.4 Å². The largest absolute Gasteiger partial charge is 0.325 e. The zero-order valence-electron chi connectivity index (χ0n) is 15.8. The quantitative estimate of drug-likeness (QED) is 0.562. The summed E-state index contributed by atoms with van der Waals surface area (Å²) in [5.41, 5.74) is 0.594. The molecule has 7 nitrogen and oxygen atoms in total. The van der Waals surface area contributed by atoms with Gasteiger partial charge in [-0.15, -0.1) is 0 Å². The Labute approximate surface area is 177 Å². The number of sulfonamides is 1. The van der Waals surface area contributed by atoms with Gasteiger partial charge in [0.2, 0.25) is 11.9 Å². The number of hydrogen-bond donors (Lipinski definition) is 2. The molecule has 0 fully saturated rings. The SMILES string of the molecule is CC(C)(C(=O)Nc1ccc(S(=O)(=O)Nc2ncccn2)cc1)c1ccc(Br)cc1. The van der Waals surface area contributed by atoms with Crippen LogP contribution in [0.25, 0.3) is 0 Å². The van der Waals surface area contributed by atoms with Gasteiger partial charge in [-0.25, -0.2) is 23.1 Å². The molecule has 0 unspecified atom stereocenters. The van der Waals surface area contributed by atoms with Crippen LogP contribution < -0.4 is 10.0 Å². The van der Waals surface area contributed by atoms with E-state index in [9.17, 15) is 13.2 Å². The van der Waals surface area contributed by atoms with Gasteiger partial charge in [-0.2, -0.15) is 0 Å². The molecule has 0 radical (unpaired) electrons. The lowest BCUT2D eigenvalue weighted by Crippen LogP contribution is -2.34. The molecule has 9 heteroatoms. The fourth-order valence-corrected chi connectivity index (χ4v) is 3.76. The monoisotopic (exact) mass is 474 g/mol. The molecule has 2 aromatic carbocycles. The average Bonchev–Trinajstić information content (AvgIpc) is 2.69. The molecule has 0 aliphatic heterocycles. The predicted octanol–water partition coefficient (Wildman–Crippen LogP) is 3.96. The second kappa shape index (κ2) is 8.30. The van der Waals surface area contributed by atoms with E-state index in [0.29, 0.717) is 5.69 Å². The Morgan fingerprint density at radius 3 is 2.14 bits per heavy atom. The number of benzene rings is 2. The molecule has 0 aliphatic rings. The Morgan fingerprint density at radius 1 is 0.966 bits per heavy atom. The number of rotatable bonds is 6. The van der Waals surface area contributed by atoms with Crippen molar-refractivity contribution in [2.45, 2.75) is 24.2 Å². The number of nitrogens with one attached hydrogen (secondary N) is 2. The molecule has 0 aliphatic carbocycles. The van der Waals surface area contributed by atoms with Crippen molar-refractivity contribution in [1.82, 2.24) is 9.97 Å². The van der Waals surface area contributed by atoms with Crippen LogP contribution in [0.1, 0.15) is 19.4 Å². The van der Waals surface area contributed by atoms with Crippen LogP contribution in [0.2, 0.25) is 0 Å². The summed E-state index contributed by atoms with van der Waals surface area (Å²) in [5, 5.41) is 2.83. The molecule has 0 atom stereocenters. The van der Waals surface area contributed by atoms with Gasteiger partial charge < -0.3 is 5.32 Å². The molecule has 1 heterocycles. The summed E-state index contributed by atoms with van der Waals surface area (Å²) in [4.78, 5) is 20.5. The first-order valence-electron chi connectivity index (χ1n) is 8.66. The molecule has 3 aromatic rings. The topological polar surface area (TPSA) is 101 Å². The molecule has 150 valence electrons. The number of amides is 1. The van der Waals surface area contributed by atoms with E-state index in [1.165, 1.54) is 36.7 Å². The molecule has 0 saturated carbocycles. The van der Waals surface area contributed by atoms with Crippen molar-refractivity contribution in [3.8, 4) is 0 Å². The minimum atomic E-state index is -3.83. The van der Waals surface area contributed by atoms with E-state index in [-0.39, 0.29) is 16.8 Å². The van der Waals surface area contributed by atoms with Gasteiger partial charge in [0.15, 0.2) is 0 Å². The first-order valence-corrected chi connectivity index (χ1v) is 10.9. The fraction of sp³-hybridized carbons (Fsp3) is 0.150. The normalized spacial score (nSPS) is 11.7. The summed E-state index contributed by atoms with van der Waals surface area (Å²) < 4.78 is 28.1. The first kappa shape index (κ1) is 20.9. The van der Waals surface area contributed by atoms with E-state index >= 15 is 0 Å². The van der Waals surface area contributed by atoms with Crippen molar-refractivity contribution in [3.05, 3.63) is 77.0 Å². The minimum absolute atomic E-state index is 0.0128. The van der Waals surface area contributed by atoms with E-state index in [1.54, 1.807) is 6.07 Å². The number of anilines is 2. The fourth-order valence-electron chi connectivity index (χ4n) is 2.53. The lowest BCUT2D eigenvalue weighted by atomic mass is 9.83. The number of carbonyl (C=O) groups excluding carboxylic acids is 1. The first-order chi connectivity index (χ1) is 13.7. The summed E-state index contributed by atoms with van der Waals surface area (Å²) in [5.74, 6) is -0.215. The Balaban J connectivity index is 1.73. The third-order valence-electron chi connectivity index (χ3n) is 4.35. The van der Waals surface area contributed by atoms with Crippen molar-refractivity contribution >= 4 is 43.5 Å². The average molecular weight is 475 g/mol. The molecular formula is C20H19BrN4O3S. The van der Waals surface area contributed by atoms with Gasteiger partial charge in [0.25, 0.3) is 10.0 Å². The van der Waals surface area contributed by atoms with Crippen molar-refractivity contribution in [1.29, 1.82) is 0 Å². The van der Waals surface area contributed by atoms with Gasteiger partial charge in [-0.1, -0.05) is 28.1 Å². The van der Waals surface area contributed by atoms with Crippen LogP contribution >= 0.6 is 15.9 Å². The zero-order valence-corrected chi connectivity index (χ0v) is 18.2. The number of nitrogens with zero attached hydrogens (tertiary/aromatic N) is 2. The molecule has 29 heavy (non-hydrogen) atoms. The predicted molar refractivity (Wildman–Crippen MR) is 115 cm³/mol. The van der Waals surface area contributed by atoms with Crippen molar-refractivity contribution in [2.75, 3.05) is 10.0 Å². The molecule has 1 amide bonds. The number of halogens is 1. The highest BCUT2D eigenvalue weighted by Gasteiger charge is 2.29. The van der Waals surface area contributed by atoms with Crippen LogP contribution in [0.4, 0.5) is 11.6 Å². The molecule has 1 aromatic heterocycles. The summed E-state index contributed by atoms with van der Waals surface area (Å²) in [6, 6.07) is 15.0. The van der Waals surface area contributed by atoms with Crippen molar-refractivity contribution in [3.63, 3.8) is 0 Å². The van der Waals surface area contributed by atoms with E-state index in [0.717, 1.165) is 10.0 Å². The van der Waals surface area contributed by atoms with Gasteiger partial charge >= 0.3 is 0 Å². The van der Waals surface area contributed by atoms with Crippen LogP contribution in [0, 0.1) is 0 Å². The summed E-state index contributed by atoms with van der Waals surface area (Å²) in [6.45, 7) is 3.66. The van der Waals surface area contributed by atoms with Gasteiger partial charge in [0, 0.05) is 22.6 Å². The summed E-state index contributed by atoms with van der Waals surface area (Å²) >= 11 is 3.38. The highest BCUT2D eigenvalue weighted by Crippen LogP contribution is 2.27. The Morgan fingerprint density at radius 2 is 1.55 bits per heavy atom. The lowest BCUT2D eigenvalue weighted by molar-refractivity contribution is -0.120. The molecule has 0 spiro atoms. The number of carbonyl (C=O) groups is 1. The standard InChI is InChI=1S/C20H19BrN4O3S/c1-20(2,14-4-6-15(21)7-5-14)18(26)24-16-8-10-17(11-9-16)29(27,28)25-19-22-12-3-13-23-19/h3-13H,1-2H3,(H,24,26)(H,22,23,25). The number of hydrogen-bond acceptors (Lipinski definition) is 5. The zero-order chi connectivity index (χ0) is 21.1. The molecular weight excluding hydrogens is 456 g/mol. The van der Waals surface area contributed by atoms with Crippen LogP contribution in [0.3, 0.4) is 0 Å². The van der Waals surface area contributed by atoms with Gasteiger partial charge in [0.1, 0.15) is 0 Å². The second-order valence-electron chi connectivity index (χ2n) is 6.79. The minimum Gasteiger partial charge on any atom is -0.325 e. The summed E-state index contributed by atoms with van der Waals surface area (Å²) in [7, 11) is -3.83. The Kier molecular flexibility index (Phi) is 5.99. The van der Waals surface area contributed by atoms with Gasteiger partial charge in [0.05, 0.1) is 10.3 Å². The molecule has 0 bridgehead atoms. The molecule has 2 N–H and O–H groups in total. The smallest absolute Gasteiger partial charge is 0.264 e. The van der Waals surface area contributed by atoms with E-state index < -0.39 is 15.4 Å². The lowest BCUT2D eigenvalue weighted by Gasteiger charge is -2.24. The van der Waals surface area contributed by atoms with Crippen LogP contribution in [-0.4, -0.2) is 24.3 Å². The molecule has 3 rings (SSSR count). The summed E-state index contributed by atoms with van der Waals surface area (Å²) in [6.07, 6.45) is 2.88. The third kappa shape index (κ3) is 4.99. The highest BCUT2D eigenvalue weighted by atomic mass is 79.9. The van der Waals surface area contributed by atoms with Crippen molar-refractivity contribution < 1.29 is 13.2 Å².